The van der Waals surface area contributed by atoms with Gasteiger partial charge in [-0.25, -0.2) is 0 Å². The predicted octanol–water partition coefficient (Wildman–Crippen LogP) is 2.06. The highest BCUT2D eigenvalue weighted by Gasteiger charge is 2.02. The Bertz CT molecular complexity index is 291. The van der Waals surface area contributed by atoms with Gasteiger partial charge in [-0.2, -0.15) is 0 Å². The quantitative estimate of drug-likeness (QED) is 0.285. The smallest absolute Gasteiger partial charge is 0.305 e. The van der Waals surface area contributed by atoms with E-state index in [0.29, 0.717) is 32.5 Å². The first-order valence-corrected chi connectivity index (χ1v) is 6.46. The fraction of sp³-hybridized carbons (Fsp3) is 0.769. The molecular formula is C13H23NO5. The van der Waals surface area contributed by atoms with Crippen LogP contribution in [-0.4, -0.2) is 38.2 Å². The molecule has 0 aromatic heterocycles. The maximum atomic E-state index is 10.8. The number of esters is 2. The van der Waals surface area contributed by atoms with E-state index >= 15 is 0 Å². The zero-order valence-corrected chi connectivity index (χ0v) is 11.7. The Labute approximate surface area is 113 Å². The molecule has 0 fully saturated rings. The molecule has 6 nitrogen and oxygen atoms in total. The first kappa shape index (κ1) is 17.4. The number of hydrogen-bond acceptors (Lipinski definition) is 6. The van der Waals surface area contributed by atoms with Gasteiger partial charge in [-0.05, 0) is 12.8 Å². The van der Waals surface area contributed by atoms with E-state index in [0.717, 1.165) is 19.3 Å². The van der Waals surface area contributed by atoms with Gasteiger partial charge >= 0.3 is 11.9 Å². The Morgan fingerprint density at radius 2 is 1.58 bits per heavy atom. The Hall–Kier alpha value is -1.59. The van der Waals surface area contributed by atoms with E-state index in [2.05, 4.69) is 4.74 Å². The van der Waals surface area contributed by atoms with Crippen LogP contribution in [0.4, 0.5) is 0 Å². The minimum absolute atomic E-state index is 0.197. The van der Waals surface area contributed by atoms with Gasteiger partial charge in [-0.15, -0.1) is 0 Å². The van der Waals surface area contributed by atoms with Crippen molar-refractivity contribution in [3.05, 3.63) is 0 Å². The molecule has 0 aromatic rings. The fourth-order valence-corrected chi connectivity index (χ4v) is 1.38. The largest absolute Gasteiger partial charge is 0.481 e. The van der Waals surface area contributed by atoms with E-state index in [1.807, 2.05) is 0 Å². The van der Waals surface area contributed by atoms with Crippen molar-refractivity contribution in [3.8, 4) is 0 Å². The van der Waals surface area contributed by atoms with E-state index < -0.39 is 0 Å². The van der Waals surface area contributed by atoms with Gasteiger partial charge in [0.2, 0.25) is 0 Å². The Balaban J connectivity index is 3.30. The molecule has 0 heterocycles. The molecule has 0 atom stereocenters. The molecule has 0 saturated carbocycles. The molecule has 0 aliphatic heterocycles. The van der Waals surface area contributed by atoms with Crippen molar-refractivity contribution in [2.24, 2.45) is 0 Å². The summed E-state index contributed by atoms with van der Waals surface area (Å²) in [5.74, 6) is -0.265. The number of carbonyl (C=O) groups excluding carboxylic acids is 2. The second-order valence-electron chi connectivity index (χ2n) is 4.10. The van der Waals surface area contributed by atoms with Crippen LogP contribution in [0.3, 0.4) is 0 Å². The lowest BCUT2D eigenvalue weighted by molar-refractivity contribution is -0.141. The monoisotopic (exact) mass is 273 g/mol. The van der Waals surface area contributed by atoms with Gasteiger partial charge in [-0.3, -0.25) is 15.0 Å². The van der Waals surface area contributed by atoms with Gasteiger partial charge < -0.3 is 14.2 Å². The highest BCUT2D eigenvalue weighted by Crippen LogP contribution is 2.05. The molecular weight excluding hydrogens is 250 g/mol. The van der Waals surface area contributed by atoms with Crippen molar-refractivity contribution in [2.45, 2.75) is 45.4 Å². The average Bonchev–Trinajstić information content (AvgIpc) is 2.37. The Morgan fingerprint density at radius 3 is 2.21 bits per heavy atom. The van der Waals surface area contributed by atoms with Crippen molar-refractivity contribution in [3.63, 3.8) is 0 Å². The van der Waals surface area contributed by atoms with Crippen LogP contribution >= 0.6 is 0 Å². The van der Waals surface area contributed by atoms with Gasteiger partial charge in [0, 0.05) is 26.2 Å². The summed E-state index contributed by atoms with van der Waals surface area (Å²) >= 11 is 0. The number of methoxy groups -OCH3 is 1. The standard InChI is InChI=1S/C13H23NO5/c1-11(15)18-9-6-10-19-12(14)7-4-3-5-8-13(16)17-2/h14H,3-10H2,1-2H3. The highest BCUT2D eigenvalue weighted by atomic mass is 16.5. The first-order valence-electron chi connectivity index (χ1n) is 6.46. The van der Waals surface area contributed by atoms with Gasteiger partial charge in [0.1, 0.15) is 0 Å². The summed E-state index contributed by atoms with van der Waals surface area (Å²) in [5.41, 5.74) is 0. The fourth-order valence-electron chi connectivity index (χ4n) is 1.38. The van der Waals surface area contributed by atoms with Crippen molar-refractivity contribution in [1.82, 2.24) is 0 Å². The lowest BCUT2D eigenvalue weighted by Crippen LogP contribution is -2.08. The third-order valence-electron chi connectivity index (χ3n) is 2.38. The number of rotatable bonds is 10. The summed E-state index contributed by atoms with van der Waals surface area (Å²) < 4.78 is 14.4. The SMILES string of the molecule is COC(=O)CCCCCC(=N)OCCCOC(C)=O. The molecule has 0 rings (SSSR count). The third-order valence-corrected chi connectivity index (χ3v) is 2.38. The van der Waals surface area contributed by atoms with Crippen LogP contribution in [0.5, 0.6) is 0 Å². The molecule has 0 saturated heterocycles. The summed E-state index contributed by atoms with van der Waals surface area (Å²) in [4.78, 5) is 21.3. The van der Waals surface area contributed by atoms with Crippen LogP contribution in [0.25, 0.3) is 0 Å². The Morgan fingerprint density at radius 1 is 0.947 bits per heavy atom. The normalized spacial score (nSPS) is 9.79. The van der Waals surface area contributed by atoms with E-state index in [4.69, 9.17) is 14.9 Å². The molecule has 0 aliphatic carbocycles. The maximum absolute atomic E-state index is 10.8. The van der Waals surface area contributed by atoms with Gasteiger partial charge in [0.25, 0.3) is 0 Å². The van der Waals surface area contributed by atoms with Gasteiger partial charge in [-0.1, -0.05) is 6.42 Å². The molecule has 6 heteroatoms. The first-order chi connectivity index (χ1) is 9.06. The molecule has 0 radical (unpaired) electrons. The summed E-state index contributed by atoms with van der Waals surface area (Å²) in [5, 5.41) is 7.54. The van der Waals surface area contributed by atoms with Crippen LogP contribution in [0.15, 0.2) is 0 Å². The minimum Gasteiger partial charge on any atom is -0.481 e. The molecule has 1 N–H and O–H groups in total. The summed E-state index contributed by atoms with van der Waals surface area (Å²) in [6.45, 7) is 2.06. The van der Waals surface area contributed by atoms with Gasteiger partial charge in [0.05, 0.1) is 20.3 Å². The van der Waals surface area contributed by atoms with Crippen molar-refractivity contribution < 1.29 is 23.8 Å². The van der Waals surface area contributed by atoms with E-state index in [9.17, 15) is 9.59 Å². The van der Waals surface area contributed by atoms with E-state index in [1.54, 1.807) is 0 Å². The summed E-state index contributed by atoms with van der Waals surface area (Å²) in [6.07, 6.45) is 4.03. The topological polar surface area (TPSA) is 85.7 Å². The number of unbranched alkanes of at least 4 members (excludes halogenated alkanes) is 2. The number of carbonyl (C=O) groups is 2. The molecule has 0 aromatic carbocycles. The van der Waals surface area contributed by atoms with Crippen LogP contribution in [0, 0.1) is 5.41 Å². The molecule has 0 unspecified atom stereocenters. The molecule has 110 valence electrons. The molecule has 0 aliphatic rings. The lowest BCUT2D eigenvalue weighted by Gasteiger charge is -2.07. The van der Waals surface area contributed by atoms with Crippen LogP contribution in [0.2, 0.25) is 0 Å². The minimum atomic E-state index is -0.305. The maximum Gasteiger partial charge on any atom is 0.305 e. The lowest BCUT2D eigenvalue weighted by atomic mass is 10.1. The van der Waals surface area contributed by atoms with Crippen molar-refractivity contribution in [2.75, 3.05) is 20.3 Å². The van der Waals surface area contributed by atoms with Crippen molar-refractivity contribution in [1.29, 1.82) is 5.41 Å². The summed E-state index contributed by atoms with van der Waals surface area (Å²) in [6, 6.07) is 0. The van der Waals surface area contributed by atoms with E-state index in [1.165, 1.54) is 14.0 Å². The van der Waals surface area contributed by atoms with Crippen LogP contribution < -0.4 is 0 Å². The van der Waals surface area contributed by atoms with Crippen LogP contribution in [0.1, 0.15) is 45.4 Å². The predicted molar refractivity (Wildman–Crippen MR) is 70.0 cm³/mol. The molecule has 19 heavy (non-hydrogen) atoms. The Kier molecular flexibility index (Phi) is 10.5. The number of ether oxygens (including phenoxy) is 3. The average molecular weight is 273 g/mol. The summed E-state index contributed by atoms with van der Waals surface area (Å²) in [7, 11) is 1.38. The highest BCUT2D eigenvalue weighted by molar-refractivity contribution is 5.72. The second kappa shape index (κ2) is 11.5. The third kappa shape index (κ3) is 12.7. The zero-order valence-electron chi connectivity index (χ0n) is 11.7. The molecule has 0 spiro atoms. The van der Waals surface area contributed by atoms with Gasteiger partial charge in [0.15, 0.2) is 5.90 Å². The zero-order chi connectivity index (χ0) is 14.5. The van der Waals surface area contributed by atoms with E-state index in [-0.39, 0.29) is 17.8 Å². The van der Waals surface area contributed by atoms with Crippen LogP contribution in [-0.2, 0) is 23.8 Å². The molecule has 0 amide bonds. The van der Waals surface area contributed by atoms with Crippen molar-refractivity contribution >= 4 is 17.8 Å². The second-order valence-corrected chi connectivity index (χ2v) is 4.10. The molecule has 0 bridgehead atoms. The number of hydrogen-bond donors (Lipinski definition) is 1. The number of nitrogens with one attached hydrogen (secondary N) is 1.